The van der Waals surface area contributed by atoms with E-state index in [0.717, 1.165) is 21.7 Å². The molecule has 3 aromatic rings. The number of aryl methyl sites for hydroxylation is 2. The average molecular weight is 480 g/mol. The van der Waals surface area contributed by atoms with Crippen LogP contribution in [0.15, 0.2) is 48.5 Å². The molecule has 0 bridgehead atoms. The van der Waals surface area contributed by atoms with E-state index in [9.17, 15) is 9.59 Å². The van der Waals surface area contributed by atoms with Crippen molar-refractivity contribution in [1.82, 2.24) is 20.0 Å². The van der Waals surface area contributed by atoms with Crippen LogP contribution >= 0.6 is 11.3 Å². The summed E-state index contributed by atoms with van der Waals surface area (Å²) in [6, 6.07) is 15.6. The molecule has 1 aliphatic rings. The molecule has 2 aromatic carbocycles. The lowest BCUT2D eigenvalue weighted by molar-refractivity contribution is -0.139. The number of anilines is 1. The molecule has 2 heterocycles. The summed E-state index contributed by atoms with van der Waals surface area (Å²) in [4.78, 5) is 29.1. The number of nitrogens with one attached hydrogen (secondary N) is 1. The highest BCUT2D eigenvalue weighted by atomic mass is 32.1. The normalized spacial score (nSPS) is 15.1. The quantitative estimate of drug-likeness (QED) is 0.559. The molecule has 2 amide bonds. The number of carbonyl (C=O) groups excluding carboxylic acids is 2. The van der Waals surface area contributed by atoms with Gasteiger partial charge < -0.3 is 9.64 Å². The molecule has 1 fully saturated rings. The molecule has 4 rings (SSSR count). The topological polar surface area (TPSA) is 87.7 Å². The number of nitrogens with zero attached hydrogens (tertiary/aromatic N) is 4. The van der Waals surface area contributed by atoms with E-state index in [2.05, 4.69) is 15.5 Å². The lowest BCUT2D eigenvalue weighted by atomic mass is 10.1. The van der Waals surface area contributed by atoms with Crippen molar-refractivity contribution in [3.63, 3.8) is 0 Å². The third-order valence-electron chi connectivity index (χ3n) is 5.78. The summed E-state index contributed by atoms with van der Waals surface area (Å²) in [5, 5.41) is 12.4. The maximum absolute atomic E-state index is 12.8. The molecule has 178 valence electrons. The van der Waals surface area contributed by atoms with Gasteiger partial charge in [0.1, 0.15) is 10.8 Å². The largest absolute Gasteiger partial charge is 0.481 e. The van der Waals surface area contributed by atoms with Gasteiger partial charge in [0.25, 0.3) is 5.91 Å². The van der Waals surface area contributed by atoms with Gasteiger partial charge >= 0.3 is 0 Å². The van der Waals surface area contributed by atoms with Crippen molar-refractivity contribution in [2.24, 2.45) is 0 Å². The number of aromatic nitrogens is 2. The van der Waals surface area contributed by atoms with E-state index >= 15 is 0 Å². The predicted molar refractivity (Wildman–Crippen MR) is 133 cm³/mol. The molecule has 1 atom stereocenters. The first-order valence-corrected chi connectivity index (χ1v) is 12.1. The summed E-state index contributed by atoms with van der Waals surface area (Å²) in [7, 11) is 0. The van der Waals surface area contributed by atoms with Gasteiger partial charge in [0, 0.05) is 31.7 Å². The summed E-state index contributed by atoms with van der Waals surface area (Å²) < 4.78 is 5.80. The number of ether oxygens (including phenoxy) is 1. The van der Waals surface area contributed by atoms with Crippen LogP contribution in [0.4, 0.5) is 5.13 Å². The van der Waals surface area contributed by atoms with Gasteiger partial charge in [-0.1, -0.05) is 53.3 Å². The second kappa shape index (κ2) is 10.8. The van der Waals surface area contributed by atoms with Crippen LogP contribution in [-0.4, -0.2) is 70.6 Å². The van der Waals surface area contributed by atoms with Crippen molar-refractivity contribution in [2.75, 3.05) is 38.0 Å². The van der Waals surface area contributed by atoms with Gasteiger partial charge in [-0.15, -0.1) is 10.2 Å². The monoisotopic (exact) mass is 479 g/mol. The van der Waals surface area contributed by atoms with Crippen LogP contribution in [0.25, 0.3) is 10.6 Å². The van der Waals surface area contributed by atoms with Crippen LogP contribution in [0.1, 0.15) is 18.1 Å². The van der Waals surface area contributed by atoms with Gasteiger partial charge in [0.2, 0.25) is 11.0 Å². The van der Waals surface area contributed by atoms with E-state index in [4.69, 9.17) is 4.74 Å². The molecule has 1 unspecified atom stereocenters. The van der Waals surface area contributed by atoms with Crippen LogP contribution in [0.3, 0.4) is 0 Å². The Labute approximate surface area is 203 Å². The van der Waals surface area contributed by atoms with E-state index in [1.165, 1.54) is 11.3 Å². The van der Waals surface area contributed by atoms with E-state index < -0.39 is 6.10 Å². The van der Waals surface area contributed by atoms with Gasteiger partial charge in [-0.05, 0) is 38.5 Å². The van der Waals surface area contributed by atoms with Crippen molar-refractivity contribution >= 4 is 28.3 Å². The lowest BCUT2D eigenvalue weighted by Gasteiger charge is -2.35. The summed E-state index contributed by atoms with van der Waals surface area (Å²) in [6.45, 7) is 8.42. The van der Waals surface area contributed by atoms with Crippen LogP contribution in [0.2, 0.25) is 0 Å². The van der Waals surface area contributed by atoms with Gasteiger partial charge in [0.05, 0.1) is 6.54 Å². The fourth-order valence-electron chi connectivity index (χ4n) is 3.81. The zero-order chi connectivity index (χ0) is 24.1. The summed E-state index contributed by atoms with van der Waals surface area (Å²) in [5.74, 6) is 0.509. The standard InChI is InChI=1S/C25H29N5O3S/c1-17-8-10-20(11-9-17)33-19(3)24(32)30-14-12-29(13-15-30)16-22(31)26-25-28-27-23(34-25)21-7-5-4-6-18(21)2/h4-11,19H,12-16H2,1-3H3,(H,26,28,31). The van der Waals surface area contributed by atoms with Crippen molar-refractivity contribution in [3.05, 3.63) is 59.7 Å². The first kappa shape index (κ1) is 23.8. The van der Waals surface area contributed by atoms with Gasteiger partial charge in [0.15, 0.2) is 6.10 Å². The highest BCUT2D eigenvalue weighted by Crippen LogP contribution is 2.28. The first-order chi connectivity index (χ1) is 16.4. The van der Waals surface area contributed by atoms with Crippen LogP contribution in [-0.2, 0) is 9.59 Å². The highest BCUT2D eigenvalue weighted by molar-refractivity contribution is 7.18. The van der Waals surface area contributed by atoms with Gasteiger partial charge in [-0.2, -0.15) is 0 Å². The zero-order valence-electron chi connectivity index (χ0n) is 19.7. The number of rotatable bonds is 7. The van der Waals surface area contributed by atoms with Crippen LogP contribution in [0, 0.1) is 13.8 Å². The molecule has 34 heavy (non-hydrogen) atoms. The number of benzene rings is 2. The van der Waals surface area contributed by atoms with E-state index in [-0.39, 0.29) is 18.4 Å². The molecule has 0 aliphatic carbocycles. The van der Waals surface area contributed by atoms with Crippen molar-refractivity contribution in [3.8, 4) is 16.3 Å². The summed E-state index contributed by atoms with van der Waals surface area (Å²) in [5.41, 5.74) is 3.27. The smallest absolute Gasteiger partial charge is 0.263 e. The second-order valence-corrected chi connectivity index (χ2v) is 9.43. The molecule has 9 heteroatoms. The molecule has 1 aromatic heterocycles. The Hall–Kier alpha value is -3.30. The van der Waals surface area contributed by atoms with E-state index in [0.29, 0.717) is 37.1 Å². The molecular formula is C25H29N5O3S. The minimum Gasteiger partial charge on any atom is -0.481 e. The zero-order valence-corrected chi connectivity index (χ0v) is 20.5. The number of amides is 2. The minimum atomic E-state index is -0.558. The number of piperazine rings is 1. The molecule has 1 aliphatic heterocycles. The summed E-state index contributed by atoms with van der Waals surface area (Å²) in [6.07, 6.45) is -0.558. The van der Waals surface area contributed by atoms with Gasteiger partial charge in [-0.25, -0.2) is 0 Å². The maximum Gasteiger partial charge on any atom is 0.263 e. The molecule has 8 nitrogen and oxygen atoms in total. The lowest BCUT2D eigenvalue weighted by Crippen LogP contribution is -2.53. The maximum atomic E-state index is 12.8. The van der Waals surface area contributed by atoms with Crippen molar-refractivity contribution in [2.45, 2.75) is 26.9 Å². The molecule has 1 N–H and O–H groups in total. The number of carbonyl (C=O) groups is 2. The second-order valence-electron chi connectivity index (χ2n) is 8.45. The van der Waals surface area contributed by atoms with Crippen LogP contribution < -0.4 is 10.1 Å². The Morgan fingerprint density at radius 2 is 1.74 bits per heavy atom. The average Bonchev–Trinajstić information content (AvgIpc) is 3.28. The van der Waals surface area contributed by atoms with E-state index in [1.54, 1.807) is 11.8 Å². The third-order valence-corrected chi connectivity index (χ3v) is 6.65. The highest BCUT2D eigenvalue weighted by Gasteiger charge is 2.27. The minimum absolute atomic E-state index is 0.0396. The Bertz CT molecular complexity index is 1140. The Morgan fingerprint density at radius 1 is 1.03 bits per heavy atom. The molecule has 0 radical (unpaired) electrons. The van der Waals surface area contributed by atoms with E-state index in [1.807, 2.05) is 67.3 Å². The van der Waals surface area contributed by atoms with Crippen molar-refractivity contribution in [1.29, 1.82) is 0 Å². The Morgan fingerprint density at radius 3 is 2.44 bits per heavy atom. The van der Waals surface area contributed by atoms with Crippen molar-refractivity contribution < 1.29 is 14.3 Å². The predicted octanol–water partition coefficient (Wildman–Crippen LogP) is 3.37. The van der Waals surface area contributed by atoms with Crippen LogP contribution in [0.5, 0.6) is 5.75 Å². The molecule has 1 saturated heterocycles. The molecule has 0 spiro atoms. The Balaban J connectivity index is 1.23. The number of hydrogen-bond acceptors (Lipinski definition) is 7. The molecular weight excluding hydrogens is 450 g/mol. The summed E-state index contributed by atoms with van der Waals surface area (Å²) >= 11 is 1.36. The SMILES string of the molecule is Cc1ccc(OC(C)C(=O)N2CCN(CC(=O)Nc3nnc(-c4ccccc4C)s3)CC2)cc1. The first-order valence-electron chi connectivity index (χ1n) is 11.3. The number of hydrogen-bond donors (Lipinski definition) is 1. The fraction of sp³-hybridized carbons (Fsp3) is 0.360. The fourth-order valence-corrected chi connectivity index (χ4v) is 4.66. The third kappa shape index (κ3) is 5.98. The van der Waals surface area contributed by atoms with Gasteiger partial charge in [-0.3, -0.25) is 19.8 Å². The molecule has 0 saturated carbocycles. The Kier molecular flexibility index (Phi) is 7.54.